The van der Waals surface area contributed by atoms with Gasteiger partial charge in [-0.25, -0.2) is 0 Å². The average Bonchev–Trinajstić information content (AvgIpc) is 2.54. The second-order valence-electron chi connectivity index (χ2n) is 5.34. The van der Waals surface area contributed by atoms with E-state index in [1.165, 1.54) is 5.56 Å². The van der Waals surface area contributed by atoms with E-state index in [2.05, 4.69) is 49.8 Å². The Morgan fingerprint density at radius 1 is 1.33 bits per heavy atom. The highest BCUT2D eigenvalue weighted by atomic mass is 32.1. The third kappa shape index (κ3) is 3.59. The molecule has 0 aliphatic rings. The van der Waals surface area contributed by atoms with Crippen molar-refractivity contribution in [3.63, 3.8) is 0 Å². The lowest BCUT2D eigenvalue weighted by atomic mass is 9.75. The minimum absolute atomic E-state index is 0.100. The van der Waals surface area contributed by atoms with Crippen molar-refractivity contribution < 1.29 is 0 Å². The summed E-state index contributed by atoms with van der Waals surface area (Å²) in [4.78, 5) is 0. The van der Waals surface area contributed by atoms with Crippen molar-refractivity contribution in [2.45, 2.75) is 39.8 Å². The Morgan fingerprint density at radius 2 is 2.00 bits per heavy atom. The summed E-state index contributed by atoms with van der Waals surface area (Å²) in [7, 11) is 0. The van der Waals surface area contributed by atoms with E-state index < -0.39 is 0 Å². The predicted molar refractivity (Wildman–Crippen MR) is 68.1 cm³/mol. The highest BCUT2D eigenvalue weighted by Gasteiger charge is 2.32. The highest BCUT2D eigenvalue weighted by Crippen LogP contribution is 2.27. The Morgan fingerprint density at radius 3 is 2.47 bits per heavy atom. The second kappa shape index (κ2) is 4.64. The standard InChI is InChI=1S/C12H22N2S/c1-11(2,12(3,4)13)9-14-7-10-5-6-15-8-10/h5-6,8,14H,7,9,13H2,1-4H3. The number of thiophene rings is 1. The molecule has 0 fully saturated rings. The fraction of sp³-hybridized carbons (Fsp3) is 0.667. The normalized spacial score (nSPS) is 13.1. The van der Waals surface area contributed by atoms with Crippen molar-refractivity contribution in [2.24, 2.45) is 11.1 Å². The van der Waals surface area contributed by atoms with Gasteiger partial charge >= 0.3 is 0 Å². The van der Waals surface area contributed by atoms with Gasteiger partial charge in [-0.3, -0.25) is 0 Å². The largest absolute Gasteiger partial charge is 0.325 e. The van der Waals surface area contributed by atoms with Crippen molar-refractivity contribution in [2.75, 3.05) is 6.54 Å². The summed E-state index contributed by atoms with van der Waals surface area (Å²) in [5.74, 6) is 0. The van der Waals surface area contributed by atoms with Crippen LogP contribution in [-0.2, 0) is 6.54 Å². The van der Waals surface area contributed by atoms with Crippen LogP contribution >= 0.6 is 11.3 Å². The van der Waals surface area contributed by atoms with Crippen molar-refractivity contribution >= 4 is 11.3 Å². The molecule has 1 aromatic rings. The molecule has 0 saturated carbocycles. The molecule has 0 bridgehead atoms. The smallest absolute Gasteiger partial charge is 0.0213 e. The van der Waals surface area contributed by atoms with Gasteiger partial charge in [0.15, 0.2) is 0 Å². The van der Waals surface area contributed by atoms with Gasteiger partial charge in [0.2, 0.25) is 0 Å². The molecule has 3 N–H and O–H groups in total. The van der Waals surface area contributed by atoms with Crippen LogP contribution in [0.15, 0.2) is 16.8 Å². The van der Waals surface area contributed by atoms with Gasteiger partial charge < -0.3 is 11.1 Å². The number of hydrogen-bond acceptors (Lipinski definition) is 3. The molecule has 0 aromatic carbocycles. The van der Waals surface area contributed by atoms with Gasteiger partial charge in [0.05, 0.1) is 0 Å². The maximum absolute atomic E-state index is 6.13. The maximum atomic E-state index is 6.13. The van der Waals surface area contributed by atoms with E-state index in [0.717, 1.165) is 13.1 Å². The van der Waals surface area contributed by atoms with Crippen LogP contribution in [0.1, 0.15) is 33.3 Å². The van der Waals surface area contributed by atoms with Crippen LogP contribution in [-0.4, -0.2) is 12.1 Å². The molecule has 0 spiro atoms. The fourth-order valence-electron chi connectivity index (χ4n) is 1.14. The Kier molecular flexibility index (Phi) is 3.93. The summed E-state index contributed by atoms with van der Waals surface area (Å²) in [5, 5.41) is 7.74. The van der Waals surface area contributed by atoms with Crippen LogP contribution in [0.25, 0.3) is 0 Å². The van der Waals surface area contributed by atoms with Crippen molar-refractivity contribution in [3.05, 3.63) is 22.4 Å². The Labute approximate surface area is 96.9 Å². The molecule has 3 heteroatoms. The molecule has 2 nitrogen and oxygen atoms in total. The van der Waals surface area contributed by atoms with Crippen molar-refractivity contribution in [1.29, 1.82) is 0 Å². The zero-order chi connectivity index (χ0) is 11.5. The summed E-state index contributed by atoms with van der Waals surface area (Å²) in [5.41, 5.74) is 7.43. The van der Waals surface area contributed by atoms with Gasteiger partial charge in [-0.2, -0.15) is 11.3 Å². The lowest BCUT2D eigenvalue weighted by Gasteiger charge is -2.38. The van der Waals surface area contributed by atoms with Crippen molar-refractivity contribution in [3.8, 4) is 0 Å². The molecule has 0 radical (unpaired) electrons. The summed E-state index contributed by atoms with van der Waals surface area (Å²) in [6, 6.07) is 2.15. The lowest BCUT2D eigenvalue weighted by molar-refractivity contribution is 0.195. The SMILES string of the molecule is CC(C)(N)C(C)(C)CNCc1ccsc1. The average molecular weight is 226 g/mol. The summed E-state index contributed by atoms with van der Waals surface area (Å²) < 4.78 is 0. The minimum atomic E-state index is -0.158. The number of rotatable bonds is 5. The Balaban J connectivity index is 2.37. The topological polar surface area (TPSA) is 38.0 Å². The van der Waals surface area contributed by atoms with Gasteiger partial charge in [-0.1, -0.05) is 13.8 Å². The minimum Gasteiger partial charge on any atom is -0.325 e. The van der Waals surface area contributed by atoms with Gasteiger partial charge in [-0.15, -0.1) is 0 Å². The van der Waals surface area contributed by atoms with Gasteiger partial charge in [0.25, 0.3) is 0 Å². The molecule has 0 atom stereocenters. The van der Waals surface area contributed by atoms with Crippen LogP contribution in [0.5, 0.6) is 0 Å². The number of nitrogens with two attached hydrogens (primary N) is 1. The van der Waals surface area contributed by atoms with Crippen molar-refractivity contribution in [1.82, 2.24) is 5.32 Å². The first-order valence-corrected chi connectivity index (χ1v) is 6.28. The summed E-state index contributed by atoms with van der Waals surface area (Å²) in [6.45, 7) is 10.4. The lowest BCUT2D eigenvalue weighted by Crippen LogP contribution is -2.52. The predicted octanol–water partition coefficient (Wildman–Crippen LogP) is 2.60. The first-order valence-electron chi connectivity index (χ1n) is 5.33. The zero-order valence-electron chi connectivity index (χ0n) is 10.1. The third-order valence-corrected chi connectivity index (χ3v) is 3.95. The summed E-state index contributed by atoms with van der Waals surface area (Å²) in [6.07, 6.45) is 0. The molecule has 1 aromatic heterocycles. The van der Waals surface area contributed by atoms with Crippen LogP contribution in [0.3, 0.4) is 0 Å². The molecule has 0 aliphatic heterocycles. The molecule has 0 saturated heterocycles. The van der Waals surface area contributed by atoms with E-state index >= 15 is 0 Å². The van der Waals surface area contributed by atoms with E-state index in [1.807, 2.05) is 0 Å². The van der Waals surface area contributed by atoms with Crippen LogP contribution < -0.4 is 11.1 Å². The molecule has 15 heavy (non-hydrogen) atoms. The molecule has 1 heterocycles. The molecular formula is C12H22N2S. The molecule has 0 unspecified atom stereocenters. The number of nitrogens with one attached hydrogen (secondary N) is 1. The Hall–Kier alpha value is -0.380. The number of hydrogen-bond donors (Lipinski definition) is 2. The molecule has 86 valence electrons. The van der Waals surface area contributed by atoms with E-state index in [0.29, 0.717) is 0 Å². The van der Waals surface area contributed by atoms with Gasteiger partial charge in [-0.05, 0) is 41.7 Å². The third-order valence-electron chi connectivity index (χ3n) is 3.22. The zero-order valence-corrected chi connectivity index (χ0v) is 10.9. The molecule has 1 rings (SSSR count). The first-order chi connectivity index (χ1) is 6.83. The van der Waals surface area contributed by atoms with Gasteiger partial charge in [0, 0.05) is 18.6 Å². The fourth-order valence-corrected chi connectivity index (χ4v) is 1.81. The van der Waals surface area contributed by atoms with E-state index in [4.69, 9.17) is 5.73 Å². The van der Waals surface area contributed by atoms with E-state index in [1.54, 1.807) is 11.3 Å². The van der Waals surface area contributed by atoms with E-state index in [-0.39, 0.29) is 11.0 Å². The van der Waals surface area contributed by atoms with E-state index in [9.17, 15) is 0 Å². The Bertz CT molecular complexity index is 283. The first kappa shape index (κ1) is 12.7. The highest BCUT2D eigenvalue weighted by molar-refractivity contribution is 7.07. The maximum Gasteiger partial charge on any atom is 0.0213 e. The summed E-state index contributed by atoms with van der Waals surface area (Å²) >= 11 is 1.74. The quantitative estimate of drug-likeness (QED) is 0.810. The van der Waals surface area contributed by atoms with Crippen LogP contribution in [0.2, 0.25) is 0 Å². The van der Waals surface area contributed by atoms with Crippen LogP contribution in [0, 0.1) is 5.41 Å². The molecule has 0 aliphatic carbocycles. The van der Waals surface area contributed by atoms with Gasteiger partial charge in [0.1, 0.15) is 0 Å². The second-order valence-corrected chi connectivity index (χ2v) is 6.12. The molecular weight excluding hydrogens is 204 g/mol. The monoisotopic (exact) mass is 226 g/mol. The molecule has 0 amide bonds. The van der Waals surface area contributed by atoms with Crippen LogP contribution in [0.4, 0.5) is 0 Å².